The molecule has 3 rings (SSSR count). The molecule has 124 valence electrons. The van der Waals surface area contributed by atoms with Crippen LogP contribution in [0.5, 0.6) is 0 Å². The summed E-state index contributed by atoms with van der Waals surface area (Å²) in [6, 6.07) is 7.40. The summed E-state index contributed by atoms with van der Waals surface area (Å²) in [5.41, 5.74) is 0.617. The van der Waals surface area contributed by atoms with Crippen LogP contribution in [-0.4, -0.2) is 55.3 Å². The summed E-state index contributed by atoms with van der Waals surface area (Å²) >= 11 is 1.20. The number of nitrogens with zero attached hydrogens (tertiary/aromatic N) is 1. The van der Waals surface area contributed by atoms with Gasteiger partial charge < -0.3 is 15.0 Å². The van der Waals surface area contributed by atoms with Crippen LogP contribution in [0.4, 0.5) is 0 Å². The number of amides is 1. The lowest BCUT2D eigenvalue weighted by molar-refractivity contribution is -0.115. The van der Waals surface area contributed by atoms with Crippen molar-refractivity contribution in [3.63, 3.8) is 0 Å². The highest BCUT2D eigenvalue weighted by Gasteiger charge is 2.30. The Morgan fingerprint density at radius 2 is 1.96 bits per heavy atom. The van der Waals surface area contributed by atoms with E-state index in [1.165, 1.54) is 11.8 Å². The van der Waals surface area contributed by atoms with Crippen molar-refractivity contribution in [2.24, 2.45) is 11.8 Å². The Morgan fingerprint density at radius 1 is 1.26 bits per heavy atom. The summed E-state index contributed by atoms with van der Waals surface area (Å²) in [7, 11) is 0. The molecule has 0 radical (unpaired) electrons. The number of nitrogens with one attached hydrogen (secondary N) is 1. The van der Waals surface area contributed by atoms with E-state index in [1.807, 2.05) is 31.2 Å². The second kappa shape index (κ2) is 7.47. The van der Waals surface area contributed by atoms with E-state index in [4.69, 9.17) is 4.74 Å². The van der Waals surface area contributed by atoms with Gasteiger partial charge in [-0.05, 0) is 31.1 Å². The molecule has 1 aromatic carbocycles. The summed E-state index contributed by atoms with van der Waals surface area (Å²) < 4.78 is 5.30. The van der Waals surface area contributed by atoms with E-state index in [0.29, 0.717) is 37.8 Å². The van der Waals surface area contributed by atoms with Crippen LogP contribution in [0.25, 0.3) is 0 Å². The van der Waals surface area contributed by atoms with E-state index < -0.39 is 0 Å². The second-order valence-electron chi connectivity index (χ2n) is 6.03. The van der Waals surface area contributed by atoms with Crippen molar-refractivity contribution in [1.82, 2.24) is 10.2 Å². The van der Waals surface area contributed by atoms with E-state index in [9.17, 15) is 9.59 Å². The summed E-state index contributed by atoms with van der Waals surface area (Å²) in [5.74, 6) is 0.409. The summed E-state index contributed by atoms with van der Waals surface area (Å²) in [4.78, 5) is 27.8. The van der Waals surface area contributed by atoms with Crippen LogP contribution in [0.15, 0.2) is 29.2 Å². The first-order valence-corrected chi connectivity index (χ1v) is 8.87. The van der Waals surface area contributed by atoms with Gasteiger partial charge in [0.15, 0.2) is 5.12 Å². The SMILES string of the molecule is C[C@@H](C(=O)Sc1ccccc1C(=O)N1CCOCC1)C1CNC1. The molecule has 1 N–H and O–H groups in total. The fraction of sp³-hybridized carbons (Fsp3) is 0.529. The lowest BCUT2D eigenvalue weighted by Gasteiger charge is -2.31. The molecule has 2 heterocycles. The maximum atomic E-state index is 12.7. The van der Waals surface area contributed by atoms with Gasteiger partial charge in [0.25, 0.3) is 5.91 Å². The molecule has 23 heavy (non-hydrogen) atoms. The van der Waals surface area contributed by atoms with Crippen molar-refractivity contribution in [2.75, 3.05) is 39.4 Å². The number of thioether (sulfide) groups is 1. The van der Waals surface area contributed by atoms with Crippen LogP contribution < -0.4 is 5.32 Å². The quantitative estimate of drug-likeness (QED) is 0.848. The van der Waals surface area contributed by atoms with E-state index in [2.05, 4.69) is 5.32 Å². The van der Waals surface area contributed by atoms with Gasteiger partial charge in [0.2, 0.25) is 0 Å². The number of morpholine rings is 1. The monoisotopic (exact) mass is 334 g/mol. The molecule has 1 aromatic rings. The molecule has 0 saturated carbocycles. The molecule has 2 aliphatic rings. The Bertz CT molecular complexity index is 583. The Morgan fingerprint density at radius 3 is 2.61 bits per heavy atom. The smallest absolute Gasteiger partial charge is 0.255 e. The van der Waals surface area contributed by atoms with Crippen molar-refractivity contribution in [3.05, 3.63) is 29.8 Å². The number of carbonyl (C=O) groups excluding carboxylic acids is 2. The van der Waals surface area contributed by atoms with Crippen LogP contribution >= 0.6 is 11.8 Å². The molecule has 0 aromatic heterocycles. The molecule has 1 atom stereocenters. The summed E-state index contributed by atoms with van der Waals surface area (Å²) in [6.45, 7) is 6.15. The number of ether oxygens (including phenoxy) is 1. The Kier molecular flexibility index (Phi) is 5.35. The van der Waals surface area contributed by atoms with Crippen LogP contribution in [0.3, 0.4) is 0 Å². The minimum Gasteiger partial charge on any atom is -0.378 e. The molecular formula is C17H22N2O3S. The maximum absolute atomic E-state index is 12.7. The average molecular weight is 334 g/mol. The standard InChI is InChI=1S/C17H22N2O3S/c1-12(13-10-18-11-13)17(21)23-15-5-3-2-4-14(15)16(20)19-6-8-22-9-7-19/h2-5,12-13,18H,6-11H2,1H3/t12-/m1/s1. The van der Waals surface area contributed by atoms with Gasteiger partial charge in [-0.2, -0.15) is 0 Å². The van der Waals surface area contributed by atoms with Gasteiger partial charge in [0.05, 0.1) is 18.8 Å². The first kappa shape index (κ1) is 16.5. The van der Waals surface area contributed by atoms with Gasteiger partial charge in [-0.3, -0.25) is 9.59 Å². The topological polar surface area (TPSA) is 58.6 Å². The molecule has 1 amide bonds. The second-order valence-corrected chi connectivity index (χ2v) is 7.08. The van der Waals surface area contributed by atoms with Crippen molar-refractivity contribution < 1.29 is 14.3 Å². The zero-order valence-corrected chi connectivity index (χ0v) is 14.1. The Labute approximate surface area is 140 Å². The lowest BCUT2D eigenvalue weighted by atomic mass is 9.90. The maximum Gasteiger partial charge on any atom is 0.255 e. The highest BCUT2D eigenvalue weighted by Crippen LogP contribution is 2.30. The molecule has 2 aliphatic heterocycles. The number of benzene rings is 1. The molecule has 0 aliphatic carbocycles. The summed E-state index contributed by atoms with van der Waals surface area (Å²) in [5, 5.41) is 3.34. The normalized spacial score (nSPS) is 20.0. The van der Waals surface area contributed by atoms with Crippen LogP contribution in [-0.2, 0) is 9.53 Å². The van der Waals surface area contributed by atoms with E-state index in [-0.39, 0.29) is 16.9 Å². The molecule has 2 fully saturated rings. The summed E-state index contributed by atoms with van der Waals surface area (Å²) in [6.07, 6.45) is 0. The van der Waals surface area contributed by atoms with Crippen molar-refractivity contribution in [3.8, 4) is 0 Å². The third-order valence-electron chi connectivity index (χ3n) is 4.52. The van der Waals surface area contributed by atoms with Gasteiger partial charge in [-0.15, -0.1) is 0 Å². The van der Waals surface area contributed by atoms with Crippen LogP contribution in [0.1, 0.15) is 17.3 Å². The van der Waals surface area contributed by atoms with Crippen molar-refractivity contribution >= 4 is 22.8 Å². The minimum absolute atomic E-state index is 0.00722. The first-order chi connectivity index (χ1) is 11.2. The van der Waals surface area contributed by atoms with Crippen LogP contribution in [0.2, 0.25) is 0 Å². The molecule has 0 spiro atoms. The zero-order valence-electron chi connectivity index (χ0n) is 13.3. The van der Waals surface area contributed by atoms with Crippen molar-refractivity contribution in [1.29, 1.82) is 0 Å². The van der Waals surface area contributed by atoms with Crippen LogP contribution in [0, 0.1) is 11.8 Å². The largest absolute Gasteiger partial charge is 0.378 e. The van der Waals surface area contributed by atoms with Gasteiger partial charge in [-0.1, -0.05) is 30.8 Å². The molecule has 0 unspecified atom stereocenters. The van der Waals surface area contributed by atoms with E-state index in [0.717, 1.165) is 18.0 Å². The van der Waals surface area contributed by atoms with Gasteiger partial charge >= 0.3 is 0 Å². The fourth-order valence-corrected chi connectivity index (χ4v) is 3.73. The minimum atomic E-state index is -0.0119. The third kappa shape index (κ3) is 3.76. The van der Waals surface area contributed by atoms with Crippen molar-refractivity contribution in [2.45, 2.75) is 11.8 Å². The predicted molar refractivity (Wildman–Crippen MR) is 89.6 cm³/mol. The predicted octanol–water partition coefficient (Wildman–Crippen LogP) is 1.63. The van der Waals surface area contributed by atoms with Gasteiger partial charge in [-0.25, -0.2) is 0 Å². The Balaban J connectivity index is 1.72. The van der Waals surface area contributed by atoms with Gasteiger partial charge in [0, 0.05) is 23.9 Å². The molecule has 6 heteroatoms. The number of rotatable bonds is 4. The third-order valence-corrected chi connectivity index (χ3v) is 5.67. The molecule has 5 nitrogen and oxygen atoms in total. The molecule has 0 bridgehead atoms. The molecular weight excluding hydrogens is 312 g/mol. The number of hydrogen-bond acceptors (Lipinski definition) is 5. The highest BCUT2D eigenvalue weighted by atomic mass is 32.2. The van der Waals surface area contributed by atoms with E-state index >= 15 is 0 Å². The number of carbonyl (C=O) groups is 2. The number of hydrogen-bond donors (Lipinski definition) is 1. The molecule has 2 saturated heterocycles. The fourth-order valence-electron chi connectivity index (χ4n) is 2.73. The van der Waals surface area contributed by atoms with Gasteiger partial charge in [0.1, 0.15) is 0 Å². The first-order valence-electron chi connectivity index (χ1n) is 8.05. The lowest BCUT2D eigenvalue weighted by Crippen LogP contribution is -2.47. The average Bonchev–Trinajstić information content (AvgIpc) is 2.54. The Hall–Kier alpha value is -1.37. The van der Waals surface area contributed by atoms with E-state index in [1.54, 1.807) is 4.90 Å². The highest BCUT2D eigenvalue weighted by molar-refractivity contribution is 8.13. The zero-order chi connectivity index (χ0) is 16.2.